The summed E-state index contributed by atoms with van der Waals surface area (Å²) >= 11 is 0. The molecule has 9 nitrogen and oxygen atoms in total. The molecular formula is C36H36N2O7. The van der Waals surface area contributed by atoms with Gasteiger partial charge in [-0.05, 0) is 73.2 Å². The average molecular weight is 609 g/mol. The summed E-state index contributed by atoms with van der Waals surface area (Å²) in [6.45, 7) is 4.31. The predicted octanol–water partition coefficient (Wildman–Crippen LogP) is 5.84. The summed E-state index contributed by atoms with van der Waals surface area (Å²) in [5.41, 5.74) is 9.11. The Labute approximate surface area is 262 Å². The number of primary amides is 1. The van der Waals surface area contributed by atoms with Crippen molar-refractivity contribution in [2.45, 2.75) is 51.3 Å². The SMILES string of the molecule is CC(C)(Cc1ccccc1)N(C(=O)c1ccc(-c2ccc(COc3ccc4c(c3)OCO4)cc2)cc1)[C@@H](CCC(=O)O)C(N)=O. The lowest BCUT2D eigenvalue weighted by molar-refractivity contribution is -0.137. The van der Waals surface area contributed by atoms with E-state index in [2.05, 4.69) is 0 Å². The van der Waals surface area contributed by atoms with Crippen LogP contribution < -0.4 is 19.9 Å². The van der Waals surface area contributed by atoms with Crippen LogP contribution in [0.25, 0.3) is 11.1 Å². The number of aliphatic carboxylic acids is 1. The number of hydrogen-bond donors (Lipinski definition) is 2. The summed E-state index contributed by atoms with van der Waals surface area (Å²) in [4.78, 5) is 39.5. The molecule has 0 unspecified atom stereocenters. The molecule has 0 aliphatic carbocycles. The van der Waals surface area contributed by atoms with Gasteiger partial charge in [-0.25, -0.2) is 0 Å². The maximum Gasteiger partial charge on any atom is 0.303 e. The molecular weight excluding hydrogens is 572 g/mol. The van der Waals surface area contributed by atoms with Crippen molar-refractivity contribution in [1.82, 2.24) is 4.90 Å². The van der Waals surface area contributed by atoms with E-state index in [1.54, 1.807) is 18.2 Å². The van der Waals surface area contributed by atoms with Gasteiger partial charge in [0, 0.05) is 23.6 Å². The van der Waals surface area contributed by atoms with E-state index in [0.717, 1.165) is 22.3 Å². The van der Waals surface area contributed by atoms with Crippen molar-refractivity contribution in [3.63, 3.8) is 0 Å². The molecule has 1 atom stereocenters. The monoisotopic (exact) mass is 608 g/mol. The maximum absolute atomic E-state index is 14.1. The third kappa shape index (κ3) is 7.62. The molecule has 9 heteroatoms. The number of rotatable bonds is 13. The van der Waals surface area contributed by atoms with Crippen molar-refractivity contribution in [2.75, 3.05) is 6.79 Å². The Kier molecular flexibility index (Phi) is 9.37. The van der Waals surface area contributed by atoms with Gasteiger partial charge in [0.15, 0.2) is 11.5 Å². The van der Waals surface area contributed by atoms with E-state index >= 15 is 0 Å². The van der Waals surface area contributed by atoms with E-state index in [0.29, 0.717) is 35.8 Å². The number of fused-ring (bicyclic) bond motifs is 1. The summed E-state index contributed by atoms with van der Waals surface area (Å²) < 4.78 is 16.7. The highest BCUT2D eigenvalue weighted by Gasteiger charge is 2.39. The highest BCUT2D eigenvalue weighted by molar-refractivity contribution is 5.98. The van der Waals surface area contributed by atoms with Gasteiger partial charge >= 0.3 is 5.97 Å². The third-order valence-corrected chi connectivity index (χ3v) is 7.79. The molecule has 0 bridgehead atoms. The minimum absolute atomic E-state index is 0.0859. The molecule has 0 fully saturated rings. The number of nitrogens with zero attached hydrogens (tertiary/aromatic N) is 1. The van der Waals surface area contributed by atoms with E-state index in [-0.39, 0.29) is 19.6 Å². The molecule has 3 N–H and O–H groups in total. The van der Waals surface area contributed by atoms with Crippen LogP contribution in [0.15, 0.2) is 97.1 Å². The molecule has 4 aromatic rings. The molecule has 1 aliphatic heterocycles. The lowest BCUT2D eigenvalue weighted by atomic mass is 9.89. The van der Waals surface area contributed by atoms with E-state index in [1.807, 2.05) is 92.7 Å². The fraction of sp³-hybridized carbons (Fsp3) is 0.250. The summed E-state index contributed by atoms with van der Waals surface area (Å²) in [7, 11) is 0. The number of carboxylic acid groups (broad SMARTS) is 1. The van der Waals surface area contributed by atoms with Crippen LogP contribution in [0.1, 0.15) is 48.2 Å². The van der Waals surface area contributed by atoms with Crippen LogP contribution in [-0.2, 0) is 22.6 Å². The van der Waals surface area contributed by atoms with Crippen molar-refractivity contribution in [3.8, 4) is 28.4 Å². The highest BCUT2D eigenvalue weighted by atomic mass is 16.7. The third-order valence-electron chi connectivity index (χ3n) is 7.79. The topological polar surface area (TPSA) is 128 Å². The minimum Gasteiger partial charge on any atom is -0.489 e. The van der Waals surface area contributed by atoms with E-state index < -0.39 is 29.4 Å². The number of hydrogen-bond acceptors (Lipinski definition) is 6. The predicted molar refractivity (Wildman–Crippen MR) is 169 cm³/mol. The Morgan fingerprint density at radius 1 is 0.867 bits per heavy atom. The van der Waals surface area contributed by atoms with Gasteiger partial charge in [0.1, 0.15) is 18.4 Å². The van der Waals surface area contributed by atoms with Crippen molar-refractivity contribution in [2.24, 2.45) is 5.73 Å². The largest absolute Gasteiger partial charge is 0.489 e. The Bertz CT molecular complexity index is 1650. The molecule has 0 radical (unpaired) electrons. The molecule has 1 aliphatic rings. The van der Waals surface area contributed by atoms with E-state index in [9.17, 15) is 19.5 Å². The van der Waals surface area contributed by atoms with Crippen LogP contribution in [0.2, 0.25) is 0 Å². The number of amides is 2. The maximum atomic E-state index is 14.1. The van der Waals surface area contributed by atoms with Crippen LogP contribution in [0.4, 0.5) is 0 Å². The van der Waals surface area contributed by atoms with Gasteiger partial charge in [-0.2, -0.15) is 0 Å². The molecule has 45 heavy (non-hydrogen) atoms. The lowest BCUT2D eigenvalue weighted by Crippen LogP contribution is -2.58. The molecule has 0 spiro atoms. The van der Waals surface area contributed by atoms with E-state index in [1.165, 1.54) is 4.90 Å². The summed E-state index contributed by atoms with van der Waals surface area (Å²) in [5, 5.41) is 9.32. The highest BCUT2D eigenvalue weighted by Crippen LogP contribution is 2.35. The van der Waals surface area contributed by atoms with Gasteiger partial charge in [0.2, 0.25) is 12.7 Å². The second kappa shape index (κ2) is 13.5. The van der Waals surface area contributed by atoms with E-state index in [4.69, 9.17) is 19.9 Å². The quantitative estimate of drug-likeness (QED) is 0.195. The van der Waals surface area contributed by atoms with Crippen molar-refractivity contribution in [1.29, 1.82) is 0 Å². The number of carbonyl (C=O) groups is 3. The van der Waals surface area contributed by atoms with Crippen LogP contribution in [-0.4, -0.2) is 46.2 Å². The van der Waals surface area contributed by atoms with Crippen LogP contribution in [0.5, 0.6) is 17.2 Å². The van der Waals surface area contributed by atoms with Crippen LogP contribution in [0, 0.1) is 0 Å². The van der Waals surface area contributed by atoms with Crippen LogP contribution >= 0.6 is 0 Å². The smallest absolute Gasteiger partial charge is 0.303 e. The molecule has 1 heterocycles. The first-order valence-corrected chi connectivity index (χ1v) is 14.7. The average Bonchev–Trinajstić information content (AvgIpc) is 3.50. The summed E-state index contributed by atoms with van der Waals surface area (Å²) in [6.07, 6.45) is 0.0617. The lowest BCUT2D eigenvalue weighted by Gasteiger charge is -2.43. The molecule has 4 aromatic carbocycles. The van der Waals surface area contributed by atoms with Gasteiger partial charge < -0.3 is 30.0 Å². The molecule has 0 saturated heterocycles. The zero-order valence-electron chi connectivity index (χ0n) is 25.3. The first kappa shape index (κ1) is 31.1. The zero-order chi connectivity index (χ0) is 32.0. The fourth-order valence-electron chi connectivity index (χ4n) is 5.55. The molecule has 0 aromatic heterocycles. The molecule has 2 amide bonds. The standard InChI is InChI=1S/C36H36N2O7/c1-36(2,21-24-6-4-3-5-7-24)38(30(34(37)41)17-19-33(39)40)35(42)28-14-12-27(13-15-28)26-10-8-25(9-11-26)22-43-29-16-18-31-32(20-29)45-23-44-31/h3-16,18,20,30H,17,19,21-23H2,1-2H3,(H2,37,41)(H,39,40)/t30-/m0/s1. The summed E-state index contributed by atoms with van der Waals surface area (Å²) in [6, 6.07) is 29.1. The Balaban J connectivity index is 1.32. The molecule has 5 rings (SSSR count). The van der Waals surface area contributed by atoms with Gasteiger partial charge in [-0.15, -0.1) is 0 Å². The number of carboxylic acids is 1. The first-order valence-electron chi connectivity index (χ1n) is 14.7. The number of ether oxygens (including phenoxy) is 3. The molecule has 232 valence electrons. The van der Waals surface area contributed by atoms with Crippen molar-refractivity contribution < 1.29 is 33.7 Å². The number of carbonyl (C=O) groups excluding carboxylic acids is 2. The van der Waals surface area contributed by atoms with Gasteiger partial charge in [0.05, 0.1) is 0 Å². The normalized spacial score (nSPS) is 12.8. The van der Waals surface area contributed by atoms with Crippen molar-refractivity contribution in [3.05, 3.63) is 114 Å². The Hall–Kier alpha value is -5.31. The van der Waals surface area contributed by atoms with Crippen molar-refractivity contribution >= 4 is 17.8 Å². The minimum atomic E-state index is -1.10. The summed E-state index contributed by atoms with van der Waals surface area (Å²) in [5.74, 6) is -0.153. The van der Waals surface area contributed by atoms with Crippen LogP contribution in [0.3, 0.4) is 0 Å². The Morgan fingerprint density at radius 3 is 2.16 bits per heavy atom. The number of nitrogens with two attached hydrogens (primary N) is 1. The second-order valence-corrected chi connectivity index (χ2v) is 11.6. The number of benzene rings is 4. The second-order valence-electron chi connectivity index (χ2n) is 11.6. The van der Waals surface area contributed by atoms with Gasteiger partial charge in [-0.1, -0.05) is 66.7 Å². The van der Waals surface area contributed by atoms with Gasteiger partial charge in [-0.3, -0.25) is 14.4 Å². The molecule has 0 saturated carbocycles. The Morgan fingerprint density at radius 2 is 1.51 bits per heavy atom. The fourth-order valence-corrected chi connectivity index (χ4v) is 5.55. The van der Waals surface area contributed by atoms with Gasteiger partial charge in [0.25, 0.3) is 5.91 Å². The first-order chi connectivity index (χ1) is 21.6. The zero-order valence-corrected chi connectivity index (χ0v) is 25.3.